The number of likely N-dealkylation sites (N-methyl/N-ethyl adjacent to an activating group) is 1. The van der Waals surface area contributed by atoms with Gasteiger partial charge in [-0.1, -0.05) is 29.8 Å². The monoisotopic (exact) mass is 498 g/mol. The van der Waals surface area contributed by atoms with Crippen LogP contribution in [0, 0.1) is 0 Å². The molecule has 1 amide bonds. The van der Waals surface area contributed by atoms with E-state index in [4.69, 9.17) is 0 Å². The summed E-state index contributed by atoms with van der Waals surface area (Å²) in [5.41, 5.74) is 0.789. The van der Waals surface area contributed by atoms with E-state index in [2.05, 4.69) is 63.1 Å². The molecule has 2 unspecified atom stereocenters. The van der Waals surface area contributed by atoms with Crippen LogP contribution in [0.3, 0.4) is 0 Å². The zero-order valence-corrected chi connectivity index (χ0v) is 21.3. The number of amides is 1. The van der Waals surface area contributed by atoms with E-state index in [1.165, 1.54) is 56.7 Å². The smallest absolute Gasteiger partial charge is 0.253 e. The average molecular weight is 500 g/mol. The zero-order chi connectivity index (χ0) is 20.9. The highest BCUT2D eigenvalue weighted by Crippen LogP contribution is 2.48. The Kier molecular flexibility index (Phi) is 8.85. The van der Waals surface area contributed by atoms with Gasteiger partial charge in [0.1, 0.15) is 0 Å². The summed E-state index contributed by atoms with van der Waals surface area (Å²) in [5, 5.41) is 0. The van der Waals surface area contributed by atoms with Crippen LogP contribution in [0.5, 0.6) is 0 Å². The standard InChI is InChI=1S/C23H35BrN2OS2/c1-4-28-23(29-5-2)14-12-20(21(13-15-23)26-16-6-7-17-26)25(3)22(27)18-8-10-19(24)11-9-18/h8-11,20-21H,4-7,12-17H2,1-3H3. The molecule has 1 saturated heterocycles. The van der Waals surface area contributed by atoms with Gasteiger partial charge in [0.25, 0.3) is 5.91 Å². The largest absolute Gasteiger partial charge is 0.337 e. The number of benzene rings is 1. The maximum Gasteiger partial charge on any atom is 0.253 e. The van der Waals surface area contributed by atoms with Crippen LogP contribution >= 0.6 is 39.5 Å². The minimum Gasteiger partial charge on any atom is -0.337 e. The molecule has 162 valence electrons. The highest BCUT2D eigenvalue weighted by molar-refractivity contribution is 9.10. The number of halogens is 1. The molecular formula is C23H35BrN2OS2. The van der Waals surface area contributed by atoms with Gasteiger partial charge in [-0.05, 0) is 87.4 Å². The van der Waals surface area contributed by atoms with Gasteiger partial charge in [0.2, 0.25) is 0 Å². The second-order valence-electron chi connectivity index (χ2n) is 8.15. The molecule has 0 bridgehead atoms. The van der Waals surface area contributed by atoms with Crippen molar-refractivity contribution >= 4 is 45.4 Å². The number of rotatable bonds is 7. The number of likely N-dealkylation sites (tertiary alicyclic amines) is 1. The molecule has 0 radical (unpaired) electrons. The molecule has 1 aromatic rings. The second-order valence-corrected chi connectivity index (χ2v) is 12.6. The molecule has 1 aromatic carbocycles. The maximum absolute atomic E-state index is 13.3. The Balaban J connectivity index is 1.83. The van der Waals surface area contributed by atoms with Gasteiger partial charge in [-0.2, -0.15) is 0 Å². The average Bonchev–Trinajstić information content (AvgIpc) is 3.18. The van der Waals surface area contributed by atoms with E-state index in [-0.39, 0.29) is 5.91 Å². The van der Waals surface area contributed by atoms with Gasteiger partial charge in [-0.15, -0.1) is 23.5 Å². The Morgan fingerprint density at radius 1 is 1.10 bits per heavy atom. The van der Waals surface area contributed by atoms with Crippen molar-refractivity contribution in [1.82, 2.24) is 9.80 Å². The minimum absolute atomic E-state index is 0.158. The molecule has 0 N–H and O–H groups in total. The fourth-order valence-electron chi connectivity index (χ4n) is 5.00. The van der Waals surface area contributed by atoms with Gasteiger partial charge in [0.15, 0.2) is 0 Å². The third-order valence-corrected chi connectivity index (χ3v) is 10.1. The summed E-state index contributed by atoms with van der Waals surface area (Å²) in [4.78, 5) is 18.1. The van der Waals surface area contributed by atoms with Crippen LogP contribution in [0.1, 0.15) is 62.7 Å². The number of carbonyl (C=O) groups is 1. The molecule has 1 aliphatic heterocycles. The highest BCUT2D eigenvalue weighted by Gasteiger charge is 2.42. The number of thioether (sulfide) groups is 2. The lowest BCUT2D eigenvalue weighted by Gasteiger charge is -2.38. The van der Waals surface area contributed by atoms with Crippen molar-refractivity contribution in [1.29, 1.82) is 0 Å². The van der Waals surface area contributed by atoms with Crippen molar-refractivity contribution < 1.29 is 4.79 Å². The van der Waals surface area contributed by atoms with E-state index in [0.717, 1.165) is 16.5 Å². The maximum atomic E-state index is 13.3. The topological polar surface area (TPSA) is 23.6 Å². The van der Waals surface area contributed by atoms with Gasteiger partial charge >= 0.3 is 0 Å². The van der Waals surface area contributed by atoms with Gasteiger partial charge in [0.05, 0.1) is 4.08 Å². The van der Waals surface area contributed by atoms with E-state index < -0.39 is 0 Å². The SMILES string of the molecule is CCSC1(SCC)CCC(N2CCCC2)C(N(C)C(=O)c2ccc(Br)cc2)CC1. The normalized spacial score (nSPS) is 25.0. The first-order chi connectivity index (χ1) is 14.0. The summed E-state index contributed by atoms with van der Waals surface area (Å²) in [6.45, 7) is 6.95. The summed E-state index contributed by atoms with van der Waals surface area (Å²) in [6.07, 6.45) is 7.33. The van der Waals surface area contributed by atoms with Gasteiger partial charge < -0.3 is 4.90 Å². The van der Waals surface area contributed by atoms with E-state index >= 15 is 0 Å². The third kappa shape index (κ3) is 5.75. The molecule has 2 atom stereocenters. The van der Waals surface area contributed by atoms with Crippen molar-refractivity contribution in [2.75, 3.05) is 31.6 Å². The van der Waals surface area contributed by atoms with Crippen molar-refractivity contribution in [3.05, 3.63) is 34.3 Å². The molecule has 1 aliphatic carbocycles. The first-order valence-corrected chi connectivity index (χ1v) is 13.8. The zero-order valence-electron chi connectivity index (χ0n) is 18.0. The Morgan fingerprint density at radius 3 is 2.28 bits per heavy atom. The Labute approximate surface area is 193 Å². The third-order valence-electron chi connectivity index (χ3n) is 6.42. The number of hydrogen-bond acceptors (Lipinski definition) is 4. The molecule has 6 heteroatoms. The van der Waals surface area contributed by atoms with Gasteiger partial charge in [-0.25, -0.2) is 0 Å². The van der Waals surface area contributed by atoms with Crippen LogP contribution < -0.4 is 0 Å². The Morgan fingerprint density at radius 2 is 1.69 bits per heavy atom. The molecule has 3 nitrogen and oxygen atoms in total. The molecule has 0 aromatic heterocycles. The summed E-state index contributed by atoms with van der Waals surface area (Å²) >= 11 is 7.75. The predicted molar refractivity (Wildman–Crippen MR) is 132 cm³/mol. The summed E-state index contributed by atoms with van der Waals surface area (Å²) in [6, 6.07) is 8.59. The Bertz CT molecular complexity index is 657. The van der Waals surface area contributed by atoms with E-state index in [1.54, 1.807) is 0 Å². The quantitative estimate of drug-likeness (QED) is 0.333. The van der Waals surface area contributed by atoms with Crippen LogP contribution in [0.15, 0.2) is 28.7 Å². The predicted octanol–water partition coefficient (Wildman–Crippen LogP) is 6.13. The lowest BCUT2D eigenvalue weighted by atomic mass is 9.99. The lowest BCUT2D eigenvalue weighted by Crippen LogP contribution is -2.51. The van der Waals surface area contributed by atoms with Crippen molar-refractivity contribution in [2.45, 2.75) is 68.5 Å². The molecule has 0 spiro atoms. The van der Waals surface area contributed by atoms with Crippen molar-refractivity contribution in [2.24, 2.45) is 0 Å². The second kappa shape index (κ2) is 10.9. The van der Waals surface area contributed by atoms with Gasteiger partial charge in [0, 0.05) is 29.2 Å². The Hall–Kier alpha value is -0.170. The first kappa shape index (κ1) is 23.5. The molecule has 2 fully saturated rings. The molecule has 2 aliphatic rings. The molecule has 1 saturated carbocycles. The van der Waals surface area contributed by atoms with Crippen molar-refractivity contribution in [3.8, 4) is 0 Å². The number of nitrogens with zero attached hydrogens (tertiary/aromatic N) is 2. The lowest BCUT2D eigenvalue weighted by molar-refractivity contribution is 0.0583. The van der Waals surface area contributed by atoms with E-state index in [1.807, 2.05) is 31.3 Å². The van der Waals surface area contributed by atoms with E-state index in [9.17, 15) is 4.79 Å². The van der Waals surface area contributed by atoms with Crippen molar-refractivity contribution in [3.63, 3.8) is 0 Å². The minimum atomic E-state index is 0.158. The van der Waals surface area contributed by atoms with Gasteiger partial charge in [-0.3, -0.25) is 9.69 Å². The molecule has 3 rings (SSSR count). The molecule has 1 heterocycles. The first-order valence-electron chi connectivity index (χ1n) is 11.0. The van der Waals surface area contributed by atoms with Crippen LogP contribution in [-0.4, -0.2) is 63.5 Å². The fraction of sp³-hybridized carbons (Fsp3) is 0.696. The number of hydrogen-bond donors (Lipinski definition) is 0. The van der Waals surface area contributed by atoms with Crippen LogP contribution in [-0.2, 0) is 0 Å². The fourth-order valence-corrected chi connectivity index (χ4v) is 8.41. The summed E-state index contributed by atoms with van der Waals surface area (Å²) in [5.74, 6) is 2.49. The van der Waals surface area contributed by atoms with E-state index in [0.29, 0.717) is 16.2 Å². The number of carbonyl (C=O) groups excluding carboxylic acids is 1. The molecule has 29 heavy (non-hydrogen) atoms. The summed E-state index contributed by atoms with van der Waals surface area (Å²) in [7, 11) is 2.03. The van der Waals surface area contributed by atoms with Crippen LogP contribution in [0.2, 0.25) is 0 Å². The summed E-state index contributed by atoms with van der Waals surface area (Å²) < 4.78 is 1.33. The highest BCUT2D eigenvalue weighted by atomic mass is 79.9. The van der Waals surface area contributed by atoms with Crippen LogP contribution in [0.4, 0.5) is 0 Å². The molecular weight excluding hydrogens is 464 g/mol. The van der Waals surface area contributed by atoms with Crippen LogP contribution in [0.25, 0.3) is 0 Å².